The Kier molecular flexibility index (Phi) is 4.98. The van der Waals surface area contributed by atoms with Crippen LogP contribution in [0.25, 0.3) is 0 Å². The van der Waals surface area contributed by atoms with E-state index < -0.39 is 18.0 Å². The lowest BCUT2D eigenvalue weighted by molar-refractivity contribution is -0.126. The fourth-order valence-corrected chi connectivity index (χ4v) is 1.23. The zero-order valence-corrected chi connectivity index (χ0v) is 10.3. The predicted octanol–water partition coefficient (Wildman–Crippen LogP) is 1.01. The van der Waals surface area contributed by atoms with Gasteiger partial charge in [-0.1, -0.05) is 6.07 Å². The summed E-state index contributed by atoms with van der Waals surface area (Å²) in [4.78, 5) is 22.7. The van der Waals surface area contributed by atoms with Gasteiger partial charge in [-0.25, -0.2) is 4.79 Å². The topological polar surface area (TPSA) is 87.7 Å². The normalized spacial score (nSPS) is 11.4. The number of phenols is 1. The number of rotatable bonds is 4. The molecule has 0 radical (unpaired) electrons. The van der Waals surface area contributed by atoms with Crippen molar-refractivity contribution in [2.24, 2.45) is 0 Å². The van der Waals surface area contributed by atoms with Crippen LogP contribution in [-0.4, -0.2) is 29.7 Å². The third-order valence-corrected chi connectivity index (χ3v) is 2.07. The zero-order chi connectivity index (χ0) is 13.5. The molecule has 0 saturated heterocycles. The largest absolute Gasteiger partial charge is 0.508 e. The summed E-state index contributed by atoms with van der Waals surface area (Å²) in [7, 11) is 0. The summed E-state index contributed by atoms with van der Waals surface area (Å²) in [5.41, 5.74) is 0. The van der Waals surface area contributed by atoms with Crippen LogP contribution >= 0.6 is 0 Å². The van der Waals surface area contributed by atoms with Crippen molar-refractivity contribution in [3.05, 3.63) is 24.3 Å². The molecule has 0 aromatic heterocycles. The molecule has 0 aliphatic heterocycles. The molecule has 1 unspecified atom stereocenters. The maximum Gasteiger partial charge on any atom is 0.321 e. The minimum Gasteiger partial charge on any atom is -0.508 e. The maximum atomic E-state index is 11.6. The maximum absolute atomic E-state index is 11.6. The molecule has 0 aliphatic rings. The van der Waals surface area contributed by atoms with Crippen LogP contribution < -0.4 is 15.4 Å². The fourth-order valence-electron chi connectivity index (χ4n) is 1.23. The highest BCUT2D eigenvalue weighted by Gasteiger charge is 2.17. The van der Waals surface area contributed by atoms with Gasteiger partial charge in [0, 0.05) is 12.6 Å². The van der Waals surface area contributed by atoms with Crippen LogP contribution in [0.15, 0.2) is 24.3 Å². The highest BCUT2D eigenvalue weighted by molar-refractivity contribution is 5.96. The van der Waals surface area contributed by atoms with E-state index >= 15 is 0 Å². The molecule has 1 aromatic carbocycles. The number of urea groups is 1. The molecule has 0 spiro atoms. The van der Waals surface area contributed by atoms with Gasteiger partial charge in [-0.2, -0.15) is 0 Å². The van der Waals surface area contributed by atoms with E-state index in [0.717, 1.165) is 0 Å². The molecule has 18 heavy (non-hydrogen) atoms. The zero-order valence-electron chi connectivity index (χ0n) is 10.3. The Morgan fingerprint density at radius 3 is 2.78 bits per heavy atom. The first-order valence-electron chi connectivity index (χ1n) is 5.57. The lowest BCUT2D eigenvalue weighted by atomic mass is 10.3. The van der Waals surface area contributed by atoms with Crippen LogP contribution in [0.4, 0.5) is 4.79 Å². The molecule has 1 rings (SSSR count). The molecule has 6 nitrogen and oxygen atoms in total. The van der Waals surface area contributed by atoms with Crippen molar-refractivity contribution < 1.29 is 19.4 Å². The Morgan fingerprint density at radius 2 is 2.17 bits per heavy atom. The Balaban J connectivity index is 2.52. The molecule has 0 heterocycles. The van der Waals surface area contributed by atoms with Gasteiger partial charge in [0.25, 0.3) is 5.91 Å². The van der Waals surface area contributed by atoms with Crippen molar-refractivity contribution in [3.8, 4) is 11.5 Å². The average molecular weight is 252 g/mol. The Hall–Kier alpha value is -2.24. The van der Waals surface area contributed by atoms with Gasteiger partial charge in [-0.3, -0.25) is 10.1 Å². The van der Waals surface area contributed by atoms with Gasteiger partial charge in [-0.05, 0) is 26.0 Å². The molecular formula is C12H16N2O4. The van der Waals surface area contributed by atoms with Crippen molar-refractivity contribution >= 4 is 11.9 Å². The Bertz CT molecular complexity index is 434. The molecule has 98 valence electrons. The highest BCUT2D eigenvalue weighted by atomic mass is 16.5. The minimum absolute atomic E-state index is 0.0452. The standard InChI is InChI=1S/C12H16N2O4/c1-3-13-12(17)14-11(16)8(2)18-10-6-4-5-9(15)7-10/h4-8,15H,3H2,1-2H3,(H2,13,14,16,17). The number of hydrogen-bond donors (Lipinski definition) is 3. The van der Waals surface area contributed by atoms with Gasteiger partial charge < -0.3 is 15.2 Å². The number of hydrogen-bond acceptors (Lipinski definition) is 4. The summed E-state index contributed by atoms with van der Waals surface area (Å²) in [5.74, 6) is -0.151. The van der Waals surface area contributed by atoms with Crippen LogP contribution in [0.3, 0.4) is 0 Å². The summed E-state index contributed by atoms with van der Waals surface area (Å²) in [6, 6.07) is 5.52. The number of benzene rings is 1. The van der Waals surface area contributed by atoms with E-state index in [2.05, 4.69) is 10.6 Å². The van der Waals surface area contributed by atoms with Crippen molar-refractivity contribution in [2.75, 3.05) is 6.54 Å². The van der Waals surface area contributed by atoms with E-state index in [1.807, 2.05) is 0 Å². The molecule has 1 aromatic rings. The van der Waals surface area contributed by atoms with E-state index in [4.69, 9.17) is 4.74 Å². The van der Waals surface area contributed by atoms with E-state index in [9.17, 15) is 14.7 Å². The fraction of sp³-hybridized carbons (Fsp3) is 0.333. The number of carbonyl (C=O) groups is 2. The highest BCUT2D eigenvalue weighted by Crippen LogP contribution is 2.18. The van der Waals surface area contributed by atoms with Gasteiger partial charge >= 0.3 is 6.03 Å². The molecule has 3 amide bonds. The third kappa shape index (κ3) is 4.32. The second-order valence-electron chi connectivity index (χ2n) is 3.61. The van der Waals surface area contributed by atoms with E-state index in [1.165, 1.54) is 19.1 Å². The number of carbonyl (C=O) groups excluding carboxylic acids is 2. The van der Waals surface area contributed by atoms with Crippen LogP contribution in [0.2, 0.25) is 0 Å². The number of nitrogens with one attached hydrogen (secondary N) is 2. The van der Waals surface area contributed by atoms with Gasteiger partial charge in [0.15, 0.2) is 6.10 Å². The lowest BCUT2D eigenvalue weighted by Gasteiger charge is -2.14. The minimum atomic E-state index is -0.839. The first-order chi connectivity index (χ1) is 8.52. The average Bonchev–Trinajstić information content (AvgIpc) is 2.29. The van der Waals surface area contributed by atoms with Crippen LogP contribution in [0.1, 0.15) is 13.8 Å². The van der Waals surface area contributed by atoms with Gasteiger partial charge in [0.1, 0.15) is 11.5 Å². The number of phenolic OH excluding ortho intramolecular Hbond substituents is 1. The number of imide groups is 1. The van der Waals surface area contributed by atoms with Crippen molar-refractivity contribution in [1.29, 1.82) is 0 Å². The monoisotopic (exact) mass is 252 g/mol. The van der Waals surface area contributed by atoms with Crippen LogP contribution in [-0.2, 0) is 4.79 Å². The number of aromatic hydroxyl groups is 1. The summed E-state index contributed by atoms with van der Waals surface area (Å²) < 4.78 is 5.28. The second-order valence-corrected chi connectivity index (χ2v) is 3.61. The van der Waals surface area contributed by atoms with Gasteiger partial charge in [-0.15, -0.1) is 0 Å². The van der Waals surface area contributed by atoms with Gasteiger partial charge in [0.05, 0.1) is 0 Å². The summed E-state index contributed by atoms with van der Waals surface area (Å²) in [6.45, 7) is 3.69. The molecule has 0 bridgehead atoms. The van der Waals surface area contributed by atoms with Crippen LogP contribution in [0.5, 0.6) is 11.5 Å². The first-order valence-corrected chi connectivity index (χ1v) is 5.57. The second kappa shape index (κ2) is 6.48. The first kappa shape index (κ1) is 13.8. The molecular weight excluding hydrogens is 236 g/mol. The summed E-state index contributed by atoms with van der Waals surface area (Å²) in [6.07, 6.45) is -0.839. The predicted molar refractivity (Wildman–Crippen MR) is 65.4 cm³/mol. The molecule has 0 aliphatic carbocycles. The Morgan fingerprint density at radius 1 is 1.44 bits per heavy atom. The number of ether oxygens (including phenoxy) is 1. The summed E-state index contributed by atoms with van der Waals surface area (Å²) >= 11 is 0. The molecule has 6 heteroatoms. The van der Waals surface area contributed by atoms with Crippen molar-refractivity contribution in [1.82, 2.24) is 10.6 Å². The SMILES string of the molecule is CCNC(=O)NC(=O)C(C)Oc1cccc(O)c1. The van der Waals surface area contributed by atoms with E-state index in [1.54, 1.807) is 19.1 Å². The summed E-state index contributed by atoms with van der Waals surface area (Å²) in [5, 5.41) is 13.8. The third-order valence-electron chi connectivity index (χ3n) is 2.07. The van der Waals surface area contributed by atoms with Gasteiger partial charge in [0.2, 0.25) is 0 Å². The molecule has 1 atom stereocenters. The molecule has 3 N–H and O–H groups in total. The number of amides is 3. The Labute approximate surface area is 105 Å². The molecule has 0 fully saturated rings. The van der Waals surface area contributed by atoms with Crippen LogP contribution in [0, 0.1) is 0 Å². The van der Waals surface area contributed by atoms with E-state index in [-0.39, 0.29) is 5.75 Å². The lowest BCUT2D eigenvalue weighted by Crippen LogP contribution is -2.45. The van der Waals surface area contributed by atoms with Crippen molar-refractivity contribution in [3.63, 3.8) is 0 Å². The smallest absolute Gasteiger partial charge is 0.321 e. The van der Waals surface area contributed by atoms with Crippen molar-refractivity contribution in [2.45, 2.75) is 20.0 Å². The quantitative estimate of drug-likeness (QED) is 0.746. The van der Waals surface area contributed by atoms with E-state index in [0.29, 0.717) is 12.3 Å². The molecule has 0 saturated carbocycles.